The highest BCUT2D eigenvalue weighted by Crippen LogP contribution is 2.36. The second-order valence-corrected chi connectivity index (χ2v) is 4.80. The molecule has 0 saturated heterocycles. The van der Waals surface area contributed by atoms with Crippen molar-refractivity contribution < 1.29 is 0 Å². The Hall–Kier alpha value is -0.950. The third-order valence-electron chi connectivity index (χ3n) is 2.38. The van der Waals surface area contributed by atoms with Crippen LogP contribution in [0.25, 0.3) is 5.03 Å². The predicted octanol–water partition coefficient (Wildman–Crippen LogP) is 3.78. The van der Waals surface area contributed by atoms with E-state index < -0.39 is 0 Å². The van der Waals surface area contributed by atoms with Gasteiger partial charge in [0.2, 0.25) is 0 Å². The summed E-state index contributed by atoms with van der Waals surface area (Å²) in [5.41, 5.74) is 3.40. The maximum atomic E-state index is 6.22. The van der Waals surface area contributed by atoms with Gasteiger partial charge in [-0.05, 0) is 39.0 Å². The van der Waals surface area contributed by atoms with Gasteiger partial charge in [0, 0.05) is 16.3 Å². The van der Waals surface area contributed by atoms with E-state index in [1.54, 1.807) is 0 Å². The molecule has 0 saturated carbocycles. The fourth-order valence-electron chi connectivity index (χ4n) is 1.74. The first kappa shape index (κ1) is 9.60. The zero-order valence-corrected chi connectivity index (χ0v) is 9.44. The van der Waals surface area contributed by atoms with E-state index in [2.05, 4.69) is 50.4 Å². The van der Waals surface area contributed by atoms with Crippen LogP contribution in [0, 0.1) is 6.92 Å². The number of halogens is 1. The van der Waals surface area contributed by atoms with Gasteiger partial charge in [0.15, 0.2) is 0 Å². The molecule has 1 N–H and O–H groups in total. The topological polar surface area (TPSA) is 12.0 Å². The second kappa shape index (κ2) is 3.03. The van der Waals surface area contributed by atoms with Crippen LogP contribution in [0.3, 0.4) is 0 Å². The molecule has 0 aliphatic carbocycles. The van der Waals surface area contributed by atoms with Crippen molar-refractivity contribution in [3.05, 3.63) is 35.4 Å². The summed E-state index contributed by atoms with van der Waals surface area (Å²) >= 11 is 6.22. The molecule has 1 aliphatic rings. The number of hydrogen-bond donors (Lipinski definition) is 1. The number of rotatable bonds is 0. The molecular weight excluding hydrogens is 194 g/mol. The standard InChI is InChI=1S/C12H14ClN/c1-8-4-5-11-9(6-8)10(13)7-12(2,3)14-11/h4-7,14H,1-3H3. The Morgan fingerprint density at radius 1 is 1.29 bits per heavy atom. The van der Waals surface area contributed by atoms with E-state index in [0.717, 1.165) is 16.3 Å². The van der Waals surface area contributed by atoms with Crippen LogP contribution < -0.4 is 5.32 Å². The fourth-order valence-corrected chi connectivity index (χ4v) is 2.17. The van der Waals surface area contributed by atoms with Crippen molar-refractivity contribution in [1.82, 2.24) is 0 Å². The molecule has 1 aromatic rings. The van der Waals surface area contributed by atoms with Crippen LogP contribution in [-0.2, 0) is 0 Å². The maximum Gasteiger partial charge on any atom is 0.0517 e. The second-order valence-electron chi connectivity index (χ2n) is 4.39. The van der Waals surface area contributed by atoms with Crippen LogP contribution in [-0.4, -0.2) is 5.54 Å². The molecule has 1 aliphatic heterocycles. The van der Waals surface area contributed by atoms with E-state index in [9.17, 15) is 0 Å². The number of aryl methyl sites for hydroxylation is 1. The van der Waals surface area contributed by atoms with Crippen LogP contribution in [0.5, 0.6) is 0 Å². The van der Waals surface area contributed by atoms with Gasteiger partial charge in [-0.1, -0.05) is 23.2 Å². The molecule has 0 atom stereocenters. The Bertz CT molecular complexity index is 405. The van der Waals surface area contributed by atoms with Crippen molar-refractivity contribution in [1.29, 1.82) is 0 Å². The minimum absolute atomic E-state index is 0.0562. The van der Waals surface area contributed by atoms with Crippen LogP contribution in [0.4, 0.5) is 5.69 Å². The van der Waals surface area contributed by atoms with Gasteiger partial charge in [-0.2, -0.15) is 0 Å². The Kier molecular flexibility index (Phi) is 2.07. The van der Waals surface area contributed by atoms with Crippen LogP contribution in [0.2, 0.25) is 0 Å². The predicted molar refractivity (Wildman–Crippen MR) is 62.7 cm³/mol. The lowest BCUT2D eigenvalue weighted by atomic mass is 9.96. The quantitative estimate of drug-likeness (QED) is 0.683. The van der Waals surface area contributed by atoms with Crippen molar-refractivity contribution in [3.63, 3.8) is 0 Å². The lowest BCUT2D eigenvalue weighted by Crippen LogP contribution is -2.31. The summed E-state index contributed by atoms with van der Waals surface area (Å²) in [6.07, 6.45) is 2.05. The molecule has 14 heavy (non-hydrogen) atoms. The smallest absolute Gasteiger partial charge is 0.0517 e. The molecule has 0 amide bonds. The van der Waals surface area contributed by atoms with Crippen LogP contribution in [0.15, 0.2) is 24.3 Å². The van der Waals surface area contributed by atoms with Gasteiger partial charge in [-0.3, -0.25) is 0 Å². The van der Waals surface area contributed by atoms with Crippen LogP contribution in [0.1, 0.15) is 25.0 Å². The summed E-state index contributed by atoms with van der Waals surface area (Å²) in [6.45, 7) is 6.29. The minimum Gasteiger partial charge on any atom is -0.376 e. The summed E-state index contributed by atoms with van der Waals surface area (Å²) in [7, 11) is 0. The Morgan fingerprint density at radius 3 is 2.71 bits per heavy atom. The van der Waals surface area contributed by atoms with Crippen LogP contribution >= 0.6 is 11.6 Å². The highest BCUT2D eigenvalue weighted by Gasteiger charge is 2.22. The third kappa shape index (κ3) is 1.64. The van der Waals surface area contributed by atoms with Crippen molar-refractivity contribution >= 4 is 22.3 Å². The van der Waals surface area contributed by atoms with Gasteiger partial charge < -0.3 is 5.32 Å². The lowest BCUT2D eigenvalue weighted by Gasteiger charge is -2.30. The molecule has 0 bridgehead atoms. The molecule has 1 nitrogen and oxygen atoms in total. The molecule has 0 radical (unpaired) electrons. The third-order valence-corrected chi connectivity index (χ3v) is 2.69. The van der Waals surface area contributed by atoms with Crippen molar-refractivity contribution in [2.75, 3.05) is 5.32 Å². The summed E-state index contributed by atoms with van der Waals surface area (Å²) in [6, 6.07) is 6.29. The van der Waals surface area contributed by atoms with Gasteiger partial charge >= 0.3 is 0 Å². The molecule has 2 heteroatoms. The number of nitrogens with one attached hydrogen (secondary N) is 1. The van der Waals surface area contributed by atoms with Gasteiger partial charge in [-0.15, -0.1) is 0 Å². The Labute approximate surface area is 89.8 Å². The SMILES string of the molecule is Cc1ccc2c(c1)C(Cl)=CC(C)(C)N2. The Balaban J connectivity index is 2.56. The largest absolute Gasteiger partial charge is 0.376 e. The molecule has 1 aromatic carbocycles. The molecule has 0 unspecified atom stereocenters. The molecular formula is C12H14ClN. The average Bonchev–Trinajstić information content (AvgIpc) is 2.05. The summed E-state index contributed by atoms with van der Waals surface area (Å²) in [4.78, 5) is 0. The minimum atomic E-state index is -0.0562. The highest BCUT2D eigenvalue weighted by molar-refractivity contribution is 6.49. The monoisotopic (exact) mass is 207 g/mol. The van der Waals surface area contributed by atoms with E-state index in [0.29, 0.717) is 0 Å². The van der Waals surface area contributed by atoms with Crippen molar-refractivity contribution in [2.45, 2.75) is 26.3 Å². The van der Waals surface area contributed by atoms with Gasteiger partial charge in [0.1, 0.15) is 0 Å². The first-order chi connectivity index (χ1) is 6.48. The number of anilines is 1. The molecule has 1 heterocycles. The molecule has 0 fully saturated rings. The van der Waals surface area contributed by atoms with E-state index >= 15 is 0 Å². The Morgan fingerprint density at radius 2 is 2.00 bits per heavy atom. The average molecular weight is 208 g/mol. The normalized spacial score (nSPS) is 18.1. The van der Waals surface area contributed by atoms with Crippen molar-refractivity contribution in [3.8, 4) is 0 Å². The number of hydrogen-bond acceptors (Lipinski definition) is 1. The van der Waals surface area contributed by atoms with E-state index in [4.69, 9.17) is 11.6 Å². The van der Waals surface area contributed by atoms with Gasteiger partial charge in [0.25, 0.3) is 0 Å². The summed E-state index contributed by atoms with van der Waals surface area (Å²) in [5.74, 6) is 0. The fraction of sp³-hybridized carbons (Fsp3) is 0.333. The highest BCUT2D eigenvalue weighted by atomic mass is 35.5. The molecule has 2 rings (SSSR count). The molecule has 0 spiro atoms. The lowest BCUT2D eigenvalue weighted by molar-refractivity contribution is 0.710. The molecule has 74 valence electrons. The van der Waals surface area contributed by atoms with Gasteiger partial charge in [-0.25, -0.2) is 0 Å². The first-order valence-corrected chi connectivity index (χ1v) is 5.13. The first-order valence-electron chi connectivity index (χ1n) is 4.75. The maximum absolute atomic E-state index is 6.22. The summed E-state index contributed by atoms with van der Waals surface area (Å²) < 4.78 is 0. The van der Waals surface area contributed by atoms with E-state index in [-0.39, 0.29) is 5.54 Å². The van der Waals surface area contributed by atoms with Gasteiger partial charge in [0.05, 0.1) is 5.54 Å². The zero-order chi connectivity index (χ0) is 10.3. The zero-order valence-electron chi connectivity index (χ0n) is 8.69. The molecule has 0 aromatic heterocycles. The number of benzene rings is 1. The number of fused-ring (bicyclic) bond motifs is 1. The van der Waals surface area contributed by atoms with E-state index in [1.165, 1.54) is 5.56 Å². The van der Waals surface area contributed by atoms with E-state index in [1.807, 2.05) is 0 Å². The summed E-state index contributed by atoms with van der Waals surface area (Å²) in [5, 5.41) is 4.27. The van der Waals surface area contributed by atoms with Crippen molar-refractivity contribution in [2.24, 2.45) is 0 Å².